The van der Waals surface area contributed by atoms with Crippen molar-refractivity contribution < 1.29 is 0 Å². The number of aromatic nitrogens is 1. The van der Waals surface area contributed by atoms with E-state index >= 15 is 0 Å². The lowest BCUT2D eigenvalue weighted by Crippen LogP contribution is -2.49. The van der Waals surface area contributed by atoms with Gasteiger partial charge in [0, 0.05) is 29.1 Å². The monoisotopic (exact) mass is 236 g/mol. The maximum absolute atomic E-state index is 4.53. The Bertz CT molecular complexity index is 358. The number of nitrogens with one attached hydrogen (secondary N) is 1. The summed E-state index contributed by atoms with van der Waals surface area (Å²) < 4.78 is 0. The molecular weight excluding hydrogens is 216 g/mol. The first-order chi connectivity index (χ1) is 7.81. The fraction of sp³-hybridized carbons (Fsp3) is 0.769. The van der Waals surface area contributed by atoms with Gasteiger partial charge in [-0.1, -0.05) is 6.92 Å². The van der Waals surface area contributed by atoms with Gasteiger partial charge in [-0.3, -0.25) is 0 Å². The van der Waals surface area contributed by atoms with E-state index in [9.17, 15) is 0 Å². The molecule has 0 bridgehead atoms. The molecule has 16 heavy (non-hydrogen) atoms. The minimum absolute atomic E-state index is 0.462. The van der Waals surface area contributed by atoms with Crippen LogP contribution in [0.25, 0.3) is 0 Å². The third kappa shape index (κ3) is 2.03. The van der Waals surface area contributed by atoms with Crippen molar-refractivity contribution in [3.63, 3.8) is 0 Å². The number of thiazole rings is 1. The van der Waals surface area contributed by atoms with Crippen LogP contribution in [0.15, 0.2) is 6.20 Å². The Kier molecular flexibility index (Phi) is 2.76. The summed E-state index contributed by atoms with van der Waals surface area (Å²) >= 11 is 1.92. The van der Waals surface area contributed by atoms with E-state index in [4.69, 9.17) is 0 Å². The topological polar surface area (TPSA) is 24.9 Å². The Morgan fingerprint density at radius 3 is 2.88 bits per heavy atom. The summed E-state index contributed by atoms with van der Waals surface area (Å²) in [5.74, 6) is 0.808. The highest BCUT2D eigenvalue weighted by Crippen LogP contribution is 2.42. The van der Waals surface area contributed by atoms with Gasteiger partial charge in [-0.15, -0.1) is 11.3 Å². The van der Waals surface area contributed by atoms with E-state index in [2.05, 4.69) is 23.4 Å². The Labute approximate surface area is 101 Å². The lowest BCUT2D eigenvalue weighted by molar-refractivity contribution is 0.176. The molecular formula is C13H20N2S. The maximum Gasteiger partial charge on any atom is 0.0959 e. The van der Waals surface area contributed by atoms with Gasteiger partial charge in [0.2, 0.25) is 0 Å². The second-order valence-corrected chi connectivity index (χ2v) is 6.43. The molecule has 0 atom stereocenters. The van der Waals surface area contributed by atoms with Crippen molar-refractivity contribution >= 4 is 11.3 Å². The van der Waals surface area contributed by atoms with Crippen LogP contribution in [-0.4, -0.2) is 10.5 Å². The molecule has 1 aromatic rings. The van der Waals surface area contributed by atoms with Crippen LogP contribution >= 0.6 is 11.3 Å². The van der Waals surface area contributed by atoms with Crippen molar-refractivity contribution in [2.24, 2.45) is 0 Å². The number of rotatable bonds is 5. The van der Waals surface area contributed by atoms with E-state index < -0.39 is 0 Å². The van der Waals surface area contributed by atoms with E-state index in [1.807, 2.05) is 11.3 Å². The number of nitrogens with zero attached hydrogens (tertiary/aromatic N) is 1. The van der Waals surface area contributed by atoms with Crippen molar-refractivity contribution in [3.05, 3.63) is 16.1 Å². The second kappa shape index (κ2) is 4.11. The van der Waals surface area contributed by atoms with E-state index in [0.29, 0.717) is 5.54 Å². The SMILES string of the molecule is CCC1(NCc2cnc(C3CC3)s2)CCC1. The minimum atomic E-state index is 0.462. The van der Waals surface area contributed by atoms with E-state index in [1.165, 1.54) is 48.4 Å². The molecule has 0 unspecified atom stereocenters. The highest BCUT2D eigenvalue weighted by molar-refractivity contribution is 7.11. The van der Waals surface area contributed by atoms with Gasteiger partial charge in [-0.25, -0.2) is 4.98 Å². The van der Waals surface area contributed by atoms with Gasteiger partial charge < -0.3 is 5.32 Å². The third-order valence-corrected chi connectivity index (χ3v) is 5.28. The molecule has 88 valence electrons. The molecule has 1 N–H and O–H groups in total. The fourth-order valence-electron chi connectivity index (χ4n) is 2.46. The Hall–Kier alpha value is -0.410. The molecule has 3 heteroatoms. The highest BCUT2D eigenvalue weighted by atomic mass is 32.1. The predicted molar refractivity (Wildman–Crippen MR) is 67.8 cm³/mol. The van der Waals surface area contributed by atoms with Crippen LogP contribution in [0.3, 0.4) is 0 Å². The van der Waals surface area contributed by atoms with Gasteiger partial charge in [0.05, 0.1) is 5.01 Å². The molecule has 2 saturated carbocycles. The minimum Gasteiger partial charge on any atom is -0.306 e. The lowest BCUT2D eigenvalue weighted by atomic mass is 9.75. The lowest BCUT2D eigenvalue weighted by Gasteiger charge is -2.42. The predicted octanol–water partition coefficient (Wildman–Crippen LogP) is 3.44. The Morgan fingerprint density at radius 2 is 2.31 bits per heavy atom. The molecule has 2 fully saturated rings. The van der Waals surface area contributed by atoms with Gasteiger partial charge >= 0.3 is 0 Å². The van der Waals surface area contributed by atoms with Crippen LogP contribution in [0.5, 0.6) is 0 Å². The van der Waals surface area contributed by atoms with Crippen LogP contribution in [0, 0.1) is 0 Å². The molecule has 0 saturated heterocycles. The summed E-state index contributed by atoms with van der Waals surface area (Å²) in [6.07, 6.45) is 10.2. The van der Waals surface area contributed by atoms with Crippen LogP contribution in [0.1, 0.15) is 61.3 Å². The molecule has 2 nitrogen and oxygen atoms in total. The van der Waals surface area contributed by atoms with Gasteiger partial charge in [-0.05, 0) is 38.5 Å². The first-order valence-electron chi connectivity index (χ1n) is 6.51. The van der Waals surface area contributed by atoms with Crippen LogP contribution in [-0.2, 0) is 6.54 Å². The molecule has 1 aromatic heterocycles. The number of hydrogen-bond acceptors (Lipinski definition) is 3. The first-order valence-corrected chi connectivity index (χ1v) is 7.33. The highest BCUT2D eigenvalue weighted by Gasteiger charge is 2.34. The van der Waals surface area contributed by atoms with Crippen molar-refractivity contribution in [3.8, 4) is 0 Å². The van der Waals surface area contributed by atoms with Crippen LogP contribution in [0.4, 0.5) is 0 Å². The summed E-state index contributed by atoms with van der Waals surface area (Å²) in [5.41, 5.74) is 0.462. The van der Waals surface area contributed by atoms with Crippen molar-refractivity contribution in [2.75, 3.05) is 0 Å². The molecule has 2 aliphatic rings. The molecule has 0 amide bonds. The normalized spacial score (nSPS) is 23.1. The van der Waals surface area contributed by atoms with Crippen molar-refractivity contribution in [1.29, 1.82) is 0 Å². The molecule has 0 aromatic carbocycles. The molecule has 0 aliphatic heterocycles. The third-order valence-electron chi connectivity index (χ3n) is 4.12. The van der Waals surface area contributed by atoms with Gasteiger partial charge in [0.25, 0.3) is 0 Å². The molecule has 0 spiro atoms. The molecule has 3 rings (SSSR count). The zero-order valence-corrected chi connectivity index (χ0v) is 10.8. The second-order valence-electron chi connectivity index (χ2n) is 5.28. The number of hydrogen-bond donors (Lipinski definition) is 1. The van der Waals surface area contributed by atoms with E-state index in [-0.39, 0.29) is 0 Å². The van der Waals surface area contributed by atoms with Crippen molar-refractivity contribution in [2.45, 2.75) is 63.5 Å². The quantitative estimate of drug-likeness (QED) is 0.847. The van der Waals surface area contributed by atoms with E-state index in [1.54, 1.807) is 0 Å². The molecule has 0 radical (unpaired) electrons. The summed E-state index contributed by atoms with van der Waals surface area (Å²) in [5, 5.41) is 5.11. The summed E-state index contributed by atoms with van der Waals surface area (Å²) in [6.45, 7) is 3.33. The van der Waals surface area contributed by atoms with Crippen LogP contribution < -0.4 is 5.32 Å². The Morgan fingerprint density at radius 1 is 1.50 bits per heavy atom. The zero-order valence-electron chi connectivity index (χ0n) is 9.96. The fourth-order valence-corrected chi connectivity index (χ4v) is 3.48. The van der Waals surface area contributed by atoms with Crippen LogP contribution in [0.2, 0.25) is 0 Å². The largest absolute Gasteiger partial charge is 0.306 e. The average molecular weight is 236 g/mol. The van der Waals surface area contributed by atoms with Crippen molar-refractivity contribution in [1.82, 2.24) is 10.3 Å². The van der Waals surface area contributed by atoms with E-state index in [0.717, 1.165) is 12.5 Å². The summed E-state index contributed by atoms with van der Waals surface area (Å²) in [7, 11) is 0. The Balaban J connectivity index is 1.56. The first kappa shape index (κ1) is 10.7. The smallest absolute Gasteiger partial charge is 0.0959 e. The summed E-state index contributed by atoms with van der Waals surface area (Å²) in [4.78, 5) is 5.95. The standard InChI is InChI=1S/C13H20N2S/c1-2-13(6-3-7-13)15-9-11-8-14-12(16-11)10-4-5-10/h8,10,15H,2-7,9H2,1H3. The average Bonchev–Trinajstić information content (AvgIpc) is 2.98. The van der Waals surface area contributed by atoms with Gasteiger partial charge in [0.15, 0.2) is 0 Å². The summed E-state index contributed by atoms with van der Waals surface area (Å²) in [6, 6.07) is 0. The molecule has 2 aliphatic carbocycles. The molecule has 1 heterocycles. The van der Waals surface area contributed by atoms with Gasteiger partial charge in [-0.2, -0.15) is 0 Å². The zero-order chi connectivity index (χ0) is 11.0. The van der Waals surface area contributed by atoms with Gasteiger partial charge in [0.1, 0.15) is 0 Å². The maximum atomic E-state index is 4.53.